The summed E-state index contributed by atoms with van der Waals surface area (Å²) in [5, 5.41) is 8.57. The zero-order chi connectivity index (χ0) is 18.5. The summed E-state index contributed by atoms with van der Waals surface area (Å²) in [6.07, 6.45) is 2.53. The van der Waals surface area contributed by atoms with Crippen LogP contribution in [-0.4, -0.2) is 44.6 Å². The first-order valence-corrected chi connectivity index (χ1v) is 9.37. The number of anilines is 1. The van der Waals surface area contributed by atoms with Gasteiger partial charge in [0.1, 0.15) is 11.6 Å². The minimum absolute atomic E-state index is 0.0183. The highest BCUT2D eigenvalue weighted by Crippen LogP contribution is 2.39. The van der Waals surface area contributed by atoms with E-state index in [4.69, 9.17) is 0 Å². The second kappa shape index (κ2) is 6.14. The molecular weight excluding hydrogens is 349 g/mol. The largest absolute Gasteiger partial charge is 0.333 e. The zero-order valence-corrected chi connectivity index (χ0v) is 14.8. The highest BCUT2D eigenvalue weighted by molar-refractivity contribution is 6.00. The van der Waals surface area contributed by atoms with Gasteiger partial charge < -0.3 is 14.4 Å². The van der Waals surface area contributed by atoms with Gasteiger partial charge in [-0.05, 0) is 37.1 Å². The monoisotopic (exact) mass is 369 g/mol. The predicted molar refractivity (Wildman–Crippen MR) is 94.3 cm³/mol. The molecule has 1 aliphatic carbocycles. The molecule has 0 spiro atoms. The van der Waals surface area contributed by atoms with Crippen LogP contribution >= 0.6 is 0 Å². The Labute approximate surface area is 155 Å². The maximum atomic E-state index is 13.1. The van der Waals surface area contributed by atoms with E-state index < -0.39 is 0 Å². The van der Waals surface area contributed by atoms with Crippen LogP contribution < -0.4 is 4.90 Å². The summed E-state index contributed by atoms with van der Waals surface area (Å²) >= 11 is 0. The topological polar surface area (TPSA) is 71.3 Å². The maximum Gasteiger partial charge on any atom is 0.228 e. The number of halogens is 1. The lowest BCUT2D eigenvalue weighted by Crippen LogP contribution is -2.42. The van der Waals surface area contributed by atoms with Crippen LogP contribution in [0, 0.1) is 11.7 Å². The molecule has 2 aromatic rings. The molecule has 1 saturated carbocycles. The molecule has 2 fully saturated rings. The van der Waals surface area contributed by atoms with Crippen molar-refractivity contribution in [2.75, 3.05) is 18.0 Å². The van der Waals surface area contributed by atoms with Crippen molar-refractivity contribution in [2.24, 2.45) is 5.92 Å². The smallest absolute Gasteiger partial charge is 0.228 e. The minimum atomic E-state index is -0.375. The van der Waals surface area contributed by atoms with Crippen LogP contribution in [0.4, 0.5) is 10.1 Å². The van der Waals surface area contributed by atoms with Gasteiger partial charge in [0.15, 0.2) is 5.82 Å². The third kappa shape index (κ3) is 2.89. The van der Waals surface area contributed by atoms with Crippen LogP contribution in [0.25, 0.3) is 0 Å². The first-order chi connectivity index (χ1) is 13.1. The van der Waals surface area contributed by atoms with Crippen molar-refractivity contribution >= 4 is 17.5 Å². The molecule has 3 heterocycles. The molecule has 0 unspecified atom stereocenters. The zero-order valence-electron chi connectivity index (χ0n) is 14.8. The fourth-order valence-electron chi connectivity index (χ4n) is 4.01. The van der Waals surface area contributed by atoms with Crippen molar-refractivity contribution in [1.82, 2.24) is 19.7 Å². The van der Waals surface area contributed by atoms with Gasteiger partial charge in [0.2, 0.25) is 11.8 Å². The summed E-state index contributed by atoms with van der Waals surface area (Å²) in [4.78, 5) is 28.7. The van der Waals surface area contributed by atoms with Crippen LogP contribution in [0.15, 0.2) is 24.3 Å². The lowest BCUT2D eigenvalue weighted by atomic mass is 10.1. The summed E-state index contributed by atoms with van der Waals surface area (Å²) in [6.45, 7) is 2.10. The lowest BCUT2D eigenvalue weighted by Gasteiger charge is -2.29. The minimum Gasteiger partial charge on any atom is -0.333 e. The van der Waals surface area contributed by atoms with Gasteiger partial charge in [-0.2, -0.15) is 0 Å². The molecule has 8 heteroatoms. The molecule has 0 N–H and O–H groups in total. The van der Waals surface area contributed by atoms with Crippen molar-refractivity contribution in [1.29, 1.82) is 0 Å². The Bertz CT molecular complexity index is 905. The number of hydrogen-bond donors (Lipinski definition) is 0. The lowest BCUT2D eigenvalue weighted by molar-refractivity contribution is -0.137. The summed E-state index contributed by atoms with van der Waals surface area (Å²) in [5.74, 6) is 1.57. The molecule has 27 heavy (non-hydrogen) atoms. The number of aromatic nitrogens is 3. The first kappa shape index (κ1) is 16.4. The predicted octanol–water partition coefficient (Wildman–Crippen LogP) is 1.69. The fourth-order valence-corrected chi connectivity index (χ4v) is 4.01. The molecular formula is C19H20FN5O2. The van der Waals surface area contributed by atoms with E-state index >= 15 is 0 Å². The molecule has 3 aliphatic rings. The van der Waals surface area contributed by atoms with Crippen molar-refractivity contribution in [3.8, 4) is 0 Å². The van der Waals surface area contributed by atoms with Gasteiger partial charge in [-0.25, -0.2) is 4.39 Å². The van der Waals surface area contributed by atoms with E-state index in [0.717, 1.165) is 11.6 Å². The number of hydrogen-bond acceptors (Lipinski definition) is 4. The van der Waals surface area contributed by atoms with E-state index in [1.165, 1.54) is 25.0 Å². The summed E-state index contributed by atoms with van der Waals surface area (Å²) in [5.41, 5.74) is 0.629. The Kier molecular flexibility index (Phi) is 3.73. The number of amides is 2. The third-order valence-corrected chi connectivity index (χ3v) is 5.65. The van der Waals surface area contributed by atoms with Gasteiger partial charge in [-0.3, -0.25) is 9.59 Å². The Morgan fingerprint density at radius 1 is 1.11 bits per heavy atom. The fraction of sp³-hybridized carbons (Fsp3) is 0.474. The standard InChI is InChI=1S/C19H20FN5O2/c20-14-3-5-15(6-4-14)25-10-13(9-17(25)26)19(27)23-7-8-24-16(11-23)21-22-18(24)12-1-2-12/h3-6,12-13H,1-2,7-11H2/t13-/m0/s1. The van der Waals surface area contributed by atoms with Crippen molar-refractivity contribution in [3.05, 3.63) is 41.7 Å². The summed E-state index contributed by atoms with van der Waals surface area (Å²) in [7, 11) is 0. The highest BCUT2D eigenvalue weighted by atomic mass is 19.1. The van der Waals surface area contributed by atoms with Crippen molar-refractivity contribution in [2.45, 2.75) is 38.3 Å². The Morgan fingerprint density at radius 2 is 1.89 bits per heavy atom. The van der Waals surface area contributed by atoms with E-state index in [0.29, 0.717) is 37.8 Å². The van der Waals surface area contributed by atoms with Crippen LogP contribution in [0.1, 0.15) is 36.8 Å². The van der Waals surface area contributed by atoms with Gasteiger partial charge in [0.25, 0.3) is 0 Å². The first-order valence-electron chi connectivity index (χ1n) is 9.37. The molecule has 0 bridgehead atoms. The number of nitrogens with zero attached hydrogens (tertiary/aromatic N) is 5. The van der Waals surface area contributed by atoms with Crippen LogP contribution in [-0.2, 0) is 22.7 Å². The van der Waals surface area contributed by atoms with Gasteiger partial charge >= 0.3 is 0 Å². The Morgan fingerprint density at radius 3 is 2.63 bits per heavy atom. The molecule has 1 atom stereocenters. The number of rotatable bonds is 3. The van der Waals surface area contributed by atoms with Gasteiger partial charge in [-0.1, -0.05) is 0 Å². The highest BCUT2D eigenvalue weighted by Gasteiger charge is 2.39. The second-order valence-corrected chi connectivity index (χ2v) is 7.54. The SMILES string of the molecule is O=C([C@H]1CC(=O)N(c2ccc(F)cc2)C1)N1CCn2c(nnc2C2CC2)C1. The number of benzene rings is 1. The molecule has 1 aromatic carbocycles. The molecule has 2 aliphatic heterocycles. The van der Waals surface area contributed by atoms with Crippen LogP contribution in [0.2, 0.25) is 0 Å². The van der Waals surface area contributed by atoms with Crippen molar-refractivity contribution < 1.29 is 14.0 Å². The molecule has 0 radical (unpaired) electrons. The van der Waals surface area contributed by atoms with Gasteiger partial charge in [-0.15, -0.1) is 10.2 Å². The molecule has 7 nitrogen and oxygen atoms in total. The van der Waals surface area contributed by atoms with Crippen LogP contribution in [0.5, 0.6) is 0 Å². The van der Waals surface area contributed by atoms with Gasteiger partial charge in [0.05, 0.1) is 12.5 Å². The Hall–Kier alpha value is -2.77. The number of carbonyl (C=O) groups excluding carboxylic acids is 2. The van der Waals surface area contributed by atoms with E-state index in [9.17, 15) is 14.0 Å². The summed E-state index contributed by atoms with van der Waals surface area (Å²) < 4.78 is 15.3. The van der Waals surface area contributed by atoms with E-state index in [1.807, 2.05) is 0 Å². The van der Waals surface area contributed by atoms with E-state index in [2.05, 4.69) is 14.8 Å². The quantitative estimate of drug-likeness (QED) is 0.826. The normalized spacial score (nSPS) is 22.3. The van der Waals surface area contributed by atoms with E-state index in [-0.39, 0.29) is 30.0 Å². The molecule has 140 valence electrons. The molecule has 2 amide bonds. The third-order valence-electron chi connectivity index (χ3n) is 5.65. The molecule has 1 saturated heterocycles. The maximum absolute atomic E-state index is 13.1. The molecule has 1 aromatic heterocycles. The van der Waals surface area contributed by atoms with Crippen molar-refractivity contribution in [3.63, 3.8) is 0 Å². The average Bonchev–Trinajstić information content (AvgIpc) is 3.32. The average molecular weight is 369 g/mol. The Balaban J connectivity index is 1.28. The number of carbonyl (C=O) groups is 2. The summed E-state index contributed by atoms with van der Waals surface area (Å²) in [6, 6.07) is 5.80. The molecule has 5 rings (SSSR count). The van der Waals surface area contributed by atoms with E-state index in [1.54, 1.807) is 21.9 Å². The van der Waals surface area contributed by atoms with Gasteiger partial charge in [0, 0.05) is 37.7 Å². The second-order valence-electron chi connectivity index (χ2n) is 7.54. The van der Waals surface area contributed by atoms with Crippen LogP contribution in [0.3, 0.4) is 0 Å². The number of fused-ring (bicyclic) bond motifs is 1.